The van der Waals surface area contributed by atoms with Gasteiger partial charge in [0.05, 0.1) is 85.1 Å². The standard InChI is InChI=1S/2C29H29N5O3/c2*1-18-16-31-26(17-30-18)19(2)32-22-6-7-27-21(13-22)12-20-4-3-5-24(29(20)37-27)25-14-23(15-28(35)33-25)34-8-10-36-11-9-34/h2*3-7,13-17,19,32H,8-12H2,1-2H3,(H,33,35). The summed E-state index contributed by atoms with van der Waals surface area (Å²) in [6.45, 7) is 13.7. The summed E-state index contributed by atoms with van der Waals surface area (Å²) in [7, 11) is 0. The van der Waals surface area contributed by atoms with Crippen molar-refractivity contribution < 1.29 is 18.9 Å². The number of nitrogens with one attached hydrogen (secondary N) is 4. The highest BCUT2D eigenvalue weighted by Crippen LogP contribution is 2.45. The molecule has 12 rings (SSSR count). The van der Waals surface area contributed by atoms with Crippen molar-refractivity contribution >= 4 is 22.7 Å². The zero-order valence-electron chi connectivity index (χ0n) is 41.9. The summed E-state index contributed by atoms with van der Waals surface area (Å²) in [5.41, 5.74) is 14.8. The van der Waals surface area contributed by atoms with Crippen LogP contribution in [0.25, 0.3) is 22.5 Å². The lowest BCUT2D eigenvalue weighted by Gasteiger charge is -2.29. The summed E-state index contributed by atoms with van der Waals surface area (Å²) < 4.78 is 23.8. The van der Waals surface area contributed by atoms with E-state index < -0.39 is 0 Å². The minimum Gasteiger partial charge on any atom is -0.456 e. The van der Waals surface area contributed by atoms with Crippen LogP contribution in [-0.4, -0.2) is 82.5 Å². The van der Waals surface area contributed by atoms with Gasteiger partial charge in [-0.2, -0.15) is 0 Å². The van der Waals surface area contributed by atoms with Crippen molar-refractivity contribution in [3.8, 4) is 45.5 Å². The quantitative estimate of drug-likeness (QED) is 0.102. The highest BCUT2D eigenvalue weighted by Gasteiger charge is 2.25. The maximum Gasteiger partial charge on any atom is 0.250 e. The molecular formula is C58H58N10O6. The maximum atomic E-state index is 12.6. The van der Waals surface area contributed by atoms with Gasteiger partial charge in [0.2, 0.25) is 11.1 Å². The number of nitrogens with zero attached hydrogens (tertiary/aromatic N) is 6. The summed E-state index contributed by atoms with van der Waals surface area (Å²) in [5.74, 6) is 3.21. The predicted octanol–water partition coefficient (Wildman–Crippen LogP) is 9.69. The van der Waals surface area contributed by atoms with Gasteiger partial charge in [-0.25, -0.2) is 0 Å². The molecule has 4 aliphatic heterocycles. The van der Waals surface area contributed by atoms with Crippen LogP contribution in [0.4, 0.5) is 22.7 Å². The van der Waals surface area contributed by atoms with Crippen molar-refractivity contribution in [3.05, 3.63) is 188 Å². The molecule has 74 heavy (non-hydrogen) atoms. The summed E-state index contributed by atoms with van der Waals surface area (Å²) in [4.78, 5) is 53.2. The Bertz CT molecular complexity index is 3210. The van der Waals surface area contributed by atoms with Gasteiger partial charge in [0.1, 0.15) is 23.0 Å². The average Bonchev–Trinajstić information content (AvgIpc) is 3.42. The lowest BCUT2D eigenvalue weighted by atomic mass is 9.96. The first-order valence-corrected chi connectivity index (χ1v) is 25.2. The Kier molecular flexibility index (Phi) is 13.6. The molecular weight excluding hydrogens is 933 g/mol. The Labute approximate surface area is 428 Å². The van der Waals surface area contributed by atoms with E-state index in [4.69, 9.17) is 18.9 Å². The molecule has 2 saturated heterocycles. The highest BCUT2D eigenvalue weighted by atomic mass is 16.5. The first-order valence-electron chi connectivity index (χ1n) is 25.2. The summed E-state index contributed by atoms with van der Waals surface area (Å²) >= 11 is 0. The van der Waals surface area contributed by atoms with Gasteiger partial charge in [0.25, 0.3) is 0 Å². The molecule has 16 nitrogen and oxygen atoms in total. The van der Waals surface area contributed by atoms with Gasteiger partial charge in [-0.05, 0) is 99.5 Å². The molecule has 16 heteroatoms. The third-order valence-electron chi connectivity index (χ3n) is 13.7. The average molecular weight is 991 g/mol. The van der Waals surface area contributed by atoms with Crippen LogP contribution in [0.1, 0.15) is 71.0 Å². The Morgan fingerprint density at radius 3 is 1.35 bits per heavy atom. The van der Waals surface area contributed by atoms with E-state index in [0.717, 1.165) is 152 Å². The largest absolute Gasteiger partial charge is 0.456 e. The van der Waals surface area contributed by atoms with Gasteiger partial charge in [0.15, 0.2) is 0 Å². The van der Waals surface area contributed by atoms with E-state index in [0.29, 0.717) is 26.4 Å². The van der Waals surface area contributed by atoms with E-state index in [1.807, 2.05) is 86.9 Å². The number of H-pyrrole nitrogens is 2. The van der Waals surface area contributed by atoms with Crippen LogP contribution < -0.4 is 41.0 Å². The molecule has 2 unspecified atom stereocenters. The third-order valence-corrected chi connectivity index (χ3v) is 13.7. The van der Waals surface area contributed by atoms with Crippen LogP contribution in [0, 0.1) is 13.8 Å². The number of ether oxygens (including phenoxy) is 4. The second-order valence-electron chi connectivity index (χ2n) is 19.1. The Morgan fingerprint density at radius 2 is 0.946 bits per heavy atom. The molecule has 8 heterocycles. The first-order chi connectivity index (χ1) is 36.1. The predicted molar refractivity (Wildman–Crippen MR) is 287 cm³/mol. The van der Waals surface area contributed by atoms with E-state index in [1.165, 1.54) is 0 Å². The van der Waals surface area contributed by atoms with E-state index in [2.05, 4.69) is 88.5 Å². The van der Waals surface area contributed by atoms with Crippen LogP contribution in [0.3, 0.4) is 0 Å². The number of fused-ring (bicyclic) bond motifs is 4. The number of anilines is 4. The Balaban J connectivity index is 0.000000159. The summed E-state index contributed by atoms with van der Waals surface area (Å²) in [6.07, 6.45) is 8.66. The maximum absolute atomic E-state index is 12.6. The molecule has 4 aromatic heterocycles. The fourth-order valence-corrected chi connectivity index (χ4v) is 9.81. The number of hydrogen-bond acceptors (Lipinski definition) is 14. The summed E-state index contributed by atoms with van der Waals surface area (Å²) in [6, 6.07) is 31.9. The zero-order chi connectivity index (χ0) is 50.7. The number of benzene rings is 4. The van der Waals surface area contributed by atoms with Crippen molar-refractivity contribution in [1.82, 2.24) is 29.9 Å². The fourth-order valence-electron chi connectivity index (χ4n) is 9.81. The van der Waals surface area contributed by atoms with Crippen LogP contribution in [0.5, 0.6) is 23.0 Å². The number of morpholine rings is 2. The van der Waals surface area contributed by atoms with Gasteiger partial charge in [-0.3, -0.25) is 29.5 Å². The third kappa shape index (κ3) is 10.6. The summed E-state index contributed by atoms with van der Waals surface area (Å²) in [5, 5.41) is 7.04. The lowest BCUT2D eigenvalue weighted by Crippen LogP contribution is -2.36. The van der Waals surface area contributed by atoms with Gasteiger partial charge in [0, 0.05) is 109 Å². The van der Waals surface area contributed by atoms with Crippen LogP contribution in [0.2, 0.25) is 0 Å². The van der Waals surface area contributed by atoms with Crippen molar-refractivity contribution in [2.24, 2.45) is 0 Å². The van der Waals surface area contributed by atoms with Crippen molar-refractivity contribution in [1.29, 1.82) is 0 Å². The second kappa shape index (κ2) is 21.0. The molecule has 4 aromatic carbocycles. The number of hydrogen-bond donors (Lipinski definition) is 4. The molecule has 0 bridgehead atoms. The molecule has 0 spiro atoms. The van der Waals surface area contributed by atoms with Gasteiger partial charge >= 0.3 is 0 Å². The van der Waals surface area contributed by atoms with E-state index >= 15 is 0 Å². The molecule has 0 saturated carbocycles. The van der Waals surface area contributed by atoms with Crippen molar-refractivity contribution in [3.63, 3.8) is 0 Å². The Morgan fingerprint density at radius 1 is 0.514 bits per heavy atom. The normalized spacial score (nSPS) is 15.4. The topological polar surface area (TPSA) is 185 Å². The monoisotopic (exact) mass is 990 g/mol. The smallest absolute Gasteiger partial charge is 0.250 e. The number of rotatable bonds is 10. The number of aryl methyl sites for hydroxylation is 2. The minimum atomic E-state index is -0.129. The lowest BCUT2D eigenvalue weighted by molar-refractivity contribution is 0.122. The molecule has 4 aliphatic rings. The molecule has 376 valence electrons. The Hall–Kier alpha value is -8.34. The van der Waals surface area contributed by atoms with Gasteiger partial charge in [-0.15, -0.1) is 0 Å². The molecule has 2 atom stereocenters. The van der Waals surface area contributed by atoms with E-state index in [9.17, 15) is 9.59 Å². The fraction of sp³-hybridized carbons (Fsp3) is 0.276. The molecule has 2 fully saturated rings. The highest BCUT2D eigenvalue weighted by molar-refractivity contribution is 5.76. The van der Waals surface area contributed by atoms with Crippen molar-refractivity contribution in [2.75, 3.05) is 73.0 Å². The van der Waals surface area contributed by atoms with Gasteiger partial charge in [-0.1, -0.05) is 24.3 Å². The van der Waals surface area contributed by atoms with Crippen LogP contribution >= 0.6 is 0 Å². The molecule has 0 amide bonds. The van der Waals surface area contributed by atoms with Crippen molar-refractivity contribution in [2.45, 2.75) is 52.6 Å². The SMILES string of the molecule is Cc1cnc(C(C)Nc2ccc3c(c2)Cc2cccc(-c4cc(N5CCOCC5)cc(=O)[nH]4)c2O3)cn1.Cc1cnc(C(C)Nc2ccc3c(c2)Cc2cccc(-c4cc(N5CCOCC5)cc(=O)[nH]4)c2O3)cn1. The molecule has 8 aromatic rings. The zero-order valence-corrected chi connectivity index (χ0v) is 41.9. The molecule has 0 radical (unpaired) electrons. The molecule has 0 aliphatic carbocycles. The number of pyridine rings is 2. The van der Waals surface area contributed by atoms with Crippen LogP contribution in [0.15, 0.2) is 131 Å². The van der Waals surface area contributed by atoms with Crippen LogP contribution in [-0.2, 0) is 22.3 Å². The number of para-hydroxylation sites is 2. The number of aromatic nitrogens is 6. The van der Waals surface area contributed by atoms with E-state index in [1.54, 1.807) is 24.5 Å². The van der Waals surface area contributed by atoms with E-state index in [-0.39, 0.29) is 23.2 Å². The number of aromatic amines is 2. The second-order valence-corrected chi connectivity index (χ2v) is 19.1. The van der Waals surface area contributed by atoms with Gasteiger partial charge < -0.3 is 49.3 Å². The first kappa shape index (κ1) is 48.0. The molecule has 4 N–H and O–H groups in total. The minimum absolute atomic E-state index is 0.0186.